The number of hydrogen-bond acceptors (Lipinski definition) is 3. The summed E-state index contributed by atoms with van der Waals surface area (Å²) in [5.41, 5.74) is -0.537. The van der Waals surface area contributed by atoms with Gasteiger partial charge < -0.3 is 14.8 Å². The molecule has 0 aromatic carbocycles. The zero-order chi connectivity index (χ0) is 13.8. The molecule has 1 aromatic heterocycles. The summed E-state index contributed by atoms with van der Waals surface area (Å²) in [7, 11) is 0. The van der Waals surface area contributed by atoms with Crippen LogP contribution in [0.4, 0.5) is 0 Å². The Morgan fingerprint density at radius 2 is 2.06 bits per heavy atom. The first-order valence-electron chi connectivity index (χ1n) is 5.71. The van der Waals surface area contributed by atoms with Crippen molar-refractivity contribution in [2.24, 2.45) is 5.41 Å². The molecule has 5 nitrogen and oxygen atoms in total. The lowest BCUT2D eigenvalue weighted by molar-refractivity contribution is -0.149. The Morgan fingerprint density at radius 3 is 2.44 bits per heavy atom. The highest BCUT2D eigenvalue weighted by Gasteiger charge is 2.35. The van der Waals surface area contributed by atoms with E-state index in [1.54, 1.807) is 13.8 Å². The first kappa shape index (κ1) is 14.8. The second-order valence-electron chi connectivity index (χ2n) is 4.11. The molecule has 0 aliphatic heterocycles. The average molecular weight is 318 g/mol. The van der Waals surface area contributed by atoms with Crippen molar-refractivity contribution in [3.63, 3.8) is 0 Å². The average Bonchev–Trinajstić information content (AvgIpc) is 2.77. The van der Waals surface area contributed by atoms with Gasteiger partial charge >= 0.3 is 5.97 Å². The molecular weight excluding hydrogens is 302 g/mol. The zero-order valence-corrected chi connectivity index (χ0v) is 11.9. The largest absolute Gasteiger partial charge is 0.481 e. The molecule has 0 aliphatic carbocycles. The Labute approximate surface area is 114 Å². The molecule has 0 aliphatic rings. The van der Waals surface area contributed by atoms with Crippen molar-refractivity contribution >= 4 is 27.8 Å². The highest BCUT2D eigenvalue weighted by atomic mass is 79.9. The van der Waals surface area contributed by atoms with E-state index in [1.165, 1.54) is 12.3 Å². The lowest BCUT2D eigenvalue weighted by Gasteiger charge is -2.26. The van der Waals surface area contributed by atoms with E-state index < -0.39 is 11.4 Å². The molecule has 0 radical (unpaired) electrons. The van der Waals surface area contributed by atoms with E-state index >= 15 is 0 Å². The van der Waals surface area contributed by atoms with Gasteiger partial charge in [-0.05, 0) is 28.8 Å². The van der Waals surface area contributed by atoms with Gasteiger partial charge in [0.05, 0.1) is 11.0 Å². The fourth-order valence-electron chi connectivity index (χ4n) is 1.66. The smallest absolute Gasteiger partial charge is 0.311 e. The third-order valence-corrected chi connectivity index (χ3v) is 3.64. The number of aliphatic carboxylic acids is 1. The maximum Gasteiger partial charge on any atom is 0.311 e. The van der Waals surface area contributed by atoms with Gasteiger partial charge in [0.2, 0.25) is 0 Å². The van der Waals surface area contributed by atoms with E-state index in [-0.39, 0.29) is 12.5 Å². The third-order valence-electron chi connectivity index (χ3n) is 3.22. The predicted octanol–water partition coefficient (Wildman–Crippen LogP) is 2.66. The van der Waals surface area contributed by atoms with Crippen LogP contribution in [0.3, 0.4) is 0 Å². The van der Waals surface area contributed by atoms with Crippen LogP contribution in [0, 0.1) is 5.41 Å². The van der Waals surface area contributed by atoms with Crippen molar-refractivity contribution in [1.29, 1.82) is 0 Å². The Bertz CT molecular complexity index is 437. The maximum atomic E-state index is 11.8. The standard InChI is InChI=1S/C12H16BrNO4/c1-3-12(4-2,11(16)17)7-14-10(15)8-5-9(13)18-6-8/h5-6H,3-4,7H2,1-2H3,(H,14,15)(H,16,17). The zero-order valence-electron chi connectivity index (χ0n) is 10.3. The number of furan rings is 1. The van der Waals surface area contributed by atoms with Gasteiger partial charge in [-0.25, -0.2) is 0 Å². The summed E-state index contributed by atoms with van der Waals surface area (Å²) in [4.78, 5) is 23.0. The van der Waals surface area contributed by atoms with Crippen molar-refractivity contribution in [2.45, 2.75) is 26.7 Å². The molecule has 0 fully saturated rings. The number of halogens is 1. The highest BCUT2D eigenvalue weighted by molar-refractivity contribution is 9.10. The molecule has 1 amide bonds. The molecule has 0 saturated heterocycles. The minimum atomic E-state index is -0.906. The van der Waals surface area contributed by atoms with Gasteiger partial charge in [0, 0.05) is 12.6 Å². The topological polar surface area (TPSA) is 79.5 Å². The van der Waals surface area contributed by atoms with E-state index in [1.807, 2.05) is 0 Å². The van der Waals surface area contributed by atoms with Gasteiger partial charge in [-0.3, -0.25) is 9.59 Å². The summed E-state index contributed by atoms with van der Waals surface area (Å²) in [6, 6.07) is 1.54. The van der Waals surface area contributed by atoms with Gasteiger partial charge in [-0.2, -0.15) is 0 Å². The summed E-state index contributed by atoms with van der Waals surface area (Å²) in [6.07, 6.45) is 2.25. The van der Waals surface area contributed by atoms with Gasteiger partial charge in [0.15, 0.2) is 4.67 Å². The van der Waals surface area contributed by atoms with Crippen LogP contribution in [0.5, 0.6) is 0 Å². The number of carbonyl (C=O) groups is 2. The second-order valence-corrected chi connectivity index (χ2v) is 4.90. The monoisotopic (exact) mass is 317 g/mol. The number of amides is 1. The molecule has 0 spiro atoms. The van der Waals surface area contributed by atoms with Crippen LogP contribution in [0.1, 0.15) is 37.0 Å². The normalized spacial score (nSPS) is 11.3. The lowest BCUT2D eigenvalue weighted by atomic mass is 9.82. The Kier molecular flexibility index (Phi) is 4.95. The molecule has 18 heavy (non-hydrogen) atoms. The fourth-order valence-corrected chi connectivity index (χ4v) is 2.00. The number of nitrogens with one attached hydrogen (secondary N) is 1. The fraction of sp³-hybridized carbons (Fsp3) is 0.500. The van der Waals surface area contributed by atoms with E-state index in [9.17, 15) is 14.7 Å². The van der Waals surface area contributed by atoms with Crippen LogP contribution in [0.2, 0.25) is 0 Å². The van der Waals surface area contributed by atoms with Crippen LogP contribution in [0.15, 0.2) is 21.4 Å². The maximum absolute atomic E-state index is 11.8. The summed E-state index contributed by atoms with van der Waals surface area (Å²) in [5.74, 6) is -1.22. The van der Waals surface area contributed by atoms with E-state index in [0.717, 1.165) is 0 Å². The summed E-state index contributed by atoms with van der Waals surface area (Å²) in [5, 5.41) is 11.9. The number of rotatable bonds is 6. The first-order valence-corrected chi connectivity index (χ1v) is 6.50. The van der Waals surface area contributed by atoms with Crippen molar-refractivity contribution in [3.8, 4) is 0 Å². The van der Waals surface area contributed by atoms with Crippen LogP contribution < -0.4 is 5.32 Å². The quantitative estimate of drug-likeness (QED) is 0.845. The van der Waals surface area contributed by atoms with E-state index in [4.69, 9.17) is 4.42 Å². The highest BCUT2D eigenvalue weighted by Crippen LogP contribution is 2.26. The number of carbonyl (C=O) groups excluding carboxylic acids is 1. The van der Waals surface area contributed by atoms with E-state index in [2.05, 4.69) is 21.2 Å². The third kappa shape index (κ3) is 3.13. The summed E-state index contributed by atoms with van der Waals surface area (Å²) in [6.45, 7) is 3.72. The Balaban J connectivity index is 2.69. The van der Waals surface area contributed by atoms with Crippen LogP contribution in [0.25, 0.3) is 0 Å². The van der Waals surface area contributed by atoms with Crippen molar-refractivity contribution in [1.82, 2.24) is 5.32 Å². The molecule has 0 unspecified atom stereocenters. The van der Waals surface area contributed by atoms with Gasteiger partial charge in [-0.1, -0.05) is 13.8 Å². The molecule has 1 aromatic rings. The summed E-state index contributed by atoms with van der Waals surface area (Å²) < 4.78 is 5.42. The van der Waals surface area contributed by atoms with Gasteiger partial charge in [0.25, 0.3) is 5.91 Å². The van der Waals surface area contributed by atoms with Crippen LogP contribution >= 0.6 is 15.9 Å². The van der Waals surface area contributed by atoms with E-state index in [0.29, 0.717) is 23.1 Å². The Hall–Kier alpha value is -1.30. The minimum Gasteiger partial charge on any atom is -0.481 e. The molecule has 0 atom stereocenters. The predicted molar refractivity (Wildman–Crippen MR) is 69.4 cm³/mol. The van der Waals surface area contributed by atoms with Crippen LogP contribution in [-0.4, -0.2) is 23.5 Å². The molecule has 1 heterocycles. The number of hydrogen-bond donors (Lipinski definition) is 2. The molecule has 100 valence electrons. The number of carboxylic acid groups (broad SMARTS) is 1. The van der Waals surface area contributed by atoms with Gasteiger partial charge in [0.1, 0.15) is 6.26 Å². The lowest BCUT2D eigenvalue weighted by Crippen LogP contribution is -2.42. The first-order chi connectivity index (χ1) is 8.45. The SMILES string of the molecule is CCC(CC)(CNC(=O)c1coc(Br)c1)C(=O)O. The Morgan fingerprint density at radius 1 is 1.44 bits per heavy atom. The van der Waals surface area contributed by atoms with Crippen LogP contribution in [-0.2, 0) is 4.79 Å². The van der Waals surface area contributed by atoms with Gasteiger partial charge in [-0.15, -0.1) is 0 Å². The molecule has 2 N–H and O–H groups in total. The molecule has 0 saturated carbocycles. The molecular formula is C12H16BrNO4. The number of carboxylic acids is 1. The molecule has 0 bridgehead atoms. The molecule has 6 heteroatoms. The summed E-state index contributed by atoms with van der Waals surface area (Å²) >= 11 is 3.10. The van der Waals surface area contributed by atoms with Crippen molar-refractivity contribution in [3.05, 3.63) is 22.6 Å². The second kappa shape index (κ2) is 6.04. The minimum absolute atomic E-state index is 0.108. The van der Waals surface area contributed by atoms with Crippen molar-refractivity contribution < 1.29 is 19.1 Å². The molecule has 1 rings (SSSR count). The van der Waals surface area contributed by atoms with Crippen molar-refractivity contribution in [2.75, 3.05) is 6.54 Å².